The third kappa shape index (κ3) is 3.66. The summed E-state index contributed by atoms with van der Waals surface area (Å²) >= 11 is 0. The average molecular weight is 571 g/mol. The Bertz CT molecular complexity index is 1430. The van der Waals surface area contributed by atoms with Crippen molar-refractivity contribution in [1.82, 2.24) is 0 Å². The first-order chi connectivity index (χ1) is 19.5. The molecule has 0 bridgehead atoms. The highest BCUT2D eigenvalue weighted by atomic mass is 16.4. The monoisotopic (exact) mass is 570 g/mol. The van der Waals surface area contributed by atoms with E-state index in [1.165, 1.54) is 11.1 Å². The van der Waals surface area contributed by atoms with Crippen LogP contribution in [0.3, 0.4) is 0 Å². The topological polar surface area (TPSA) is 104 Å². The molecule has 42 heavy (non-hydrogen) atoms. The summed E-state index contributed by atoms with van der Waals surface area (Å²) in [5.41, 5.74) is 9.29. The predicted octanol–water partition coefficient (Wildman–Crippen LogP) is 8.30. The molecule has 4 saturated carbocycles. The molecule has 0 aliphatic heterocycles. The SMILES string of the molecule is CC1(C)CCC2(C(=O)O)CCC3(C)C(=C(c4cccc(N)c4)CC4C5(C)CC(C#N)C(=O)C(C)(C)C5CCC43C)C2C1. The number of nitrogens with zero attached hydrogens (tertiary/aromatic N) is 1. The molecule has 5 aliphatic rings. The van der Waals surface area contributed by atoms with E-state index in [0.29, 0.717) is 12.8 Å². The van der Waals surface area contributed by atoms with Gasteiger partial charge in [0.05, 0.1) is 11.5 Å². The van der Waals surface area contributed by atoms with Crippen LogP contribution in [-0.4, -0.2) is 16.9 Å². The molecule has 5 heteroatoms. The van der Waals surface area contributed by atoms with Crippen LogP contribution < -0.4 is 5.73 Å². The minimum atomic E-state index is -0.731. The molecule has 8 unspecified atom stereocenters. The number of carboxylic acids is 1. The van der Waals surface area contributed by atoms with Gasteiger partial charge in [-0.05, 0) is 120 Å². The molecule has 226 valence electrons. The van der Waals surface area contributed by atoms with Gasteiger partial charge >= 0.3 is 5.97 Å². The Morgan fingerprint density at radius 2 is 1.67 bits per heavy atom. The van der Waals surface area contributed by atoms with Crippen molar-refractivity contribution in [3.05, 3.63) is 35.4 Å². The Morgan fingerprint density at radius 1 is 0.976 bits per heavy atom. The van der Waals surface area contributed by atoms with Gasteiger partial charge in [-0.1, -0.05) is 66.2 Å². The van der Waals surface area contributed by atoms with Crippen molar-refractivity contribution >= 4 is 23.0 Å². The van der Waals surface area contributed by atoms with Gasteiger partial charge in [0.1, 0.15) is 5.92 Å². The number of nitrogen functional groups attached to an aromatic ring is 1. The van der Waals surface area contributed by atoms with E-state index in [1.807, 2.05) is 12.1 Å². The van der Waals surface area contributed by atoms with E-state index in [1.54, 1.807) is 0 Å². The molecule has 0 aromatic heterocycles. The number of carboxylic acid groups (broad SMARTS) is 1. The lowest BCUT2D eigenvalue weighted by Crippen LogP contribution is -2.66. The van der Waals surface area contributed by atoms with Gasteiger partial charge in [0, 0.05) is 11.1 Å². The zero-order valence-corrected chi connectivity index (χ0v) is 26.8. The van der Waals surface area contributed by atoms with Crippen molar-refractivity contribution in [2.45, 2.75) is 106 Å². The Morgan fingerprint density at radius 3 is 2.31 bits per heavy atom. The van der Waals surface area contributed by atoms with Crippen molar-refractivity contribution < 1.29 is 14.7 Å². The fourth-order valence-electron chi connectivity index (χ4n) is 11.8. The lowest BCUT2D eigenvalue weighted by Gasteiger charge is -2.71. The first-order valence-electron chi connectivity index (χ1n) is 16.2. The minimum absolute atomic E-state index is 0.0199. The van der Waals surface area contributed by atoms with Gasteiger partial charge in [-0.3, -0.25) is 9.59 Å². The number of ketones is 1. The van der Waals surface area contributed by atoms with E-state index in [2.05, 4.69) is 66.7 Å². The highest BCUT2D eigenvalue weighted by Gasteiger charge is 2.71. The van der Waals surface area contributed by atoms with Crippen molar-refractivity contribution in [3.63, 3.8) is 0 Å². The van der Waals surface area contributed by atoms with Crippen molar-refractivity contribution in [3.8, 4) is 6.07 Å². The molecule has 0 spiro atoms. The lowest BCUT2D eigenvalue weighted by atomic mass is 9.32. The molecule has 5 nitrogen and oxygen atoms in total. The molecule has 5 aliphatic carbocycles. The second kappa shape index (κ2) is 8.96. The van der Waals surface area contributed by atoms with Crippen molar-refractivity contribution in [2.75, 3.05) is 5.73 Å². The number of anilines is 1. The fraction of sp³-hybridized carbons (Fsp3) is 0.703. The van der Waals surface area contributed by atoms with E-state index in [9.17, 15) is 20.0 Å². The predicted molar refractivity (Wildman–Crippen MR) is 166 cm³/mol. The Balaban J connectivity index is 1.62. The number of hydrogen-bond donors (Lipinski definition) is 2. The standard InChI is InChI=1S/C37H50N2O3/c1-32(2)13-15-37(31(41)42)16-14-36(7)29(26(37)20-32)25(22-9-8-10-24(39)17-22)18-28-34(5)19-23(21-38)30(40)33(3,4)27(34)11-12-35(28,36)6/h8-10,17,23,26-28H,11-16,18-20,39H2,1-7H3,(H,41,42). The van der Waals surface area contributed by atoms with E-state index < -0.39 is 22.7 Å². The molecule has 1 aromatic carbocycles. The number of benzene rings is 1. The molecule has 0 amide bonds. The summed E-state index contributed by atoms with van der Waals surface area (Å²) in [7, 11) is 0. The van der Waals surface area contributed by atoms with E-state index >= 15 is 0 Å². The van der Waals surface area contributed by atoms with Gasteiger partial charge in [-0.25, -0.2) is 0 Å². The average Bonchev–Trinajstić information content (AvgIpc) is 2.90. The molecule has 3 N–H and O–H groups in total. The molecule has 0 radical (unpaired) electrons. The Kier molecular flexibility index (Phi) is 6.29. The first-order valence-corrected chi connectivity index (χ1v) is 16.2. The number of carbonyl (C=O) groups excluding carboxylic acids is 1. The molecular formula is C37H50N2O3. The van der Waals surface area contributed by atoms with Gasteiger partial charge < -0.3 is 10.8 Å². The van der Waals surface area contributed by atoms with Crippen LogP contribution in [0.2, 0.25) is 0 Å². The highest BCUT2D eigenvalue weighted by Crippen LogP contribution is 2.77. The largest absolute Gasteiger partial charge is 0.481 e. The van der Waals surface area contributed by atoms with Gasteiger partial charge in [-0.2, -0.15) is 5.26 Å². The maximum atomic E-state index is 13.5. The van der Waals surface area contributed by atoms with Crippen LogP contribution in [-0.2, 0) is 9.59 Å². The third-order valence-corrected chi connectivity index (χ3v) is 14.3. The lowest BCUT2D eigenvalue weighted by molar-refractivity contribution is -0.191. The van der Waals surface area contributed by atoms with Gasteiger partial charge in [-0.15, -0.1) is 0 Å². The molecule has 0 heterocycles. The highest BCUT2D eigenvalue weighted by molar-refractivity contribution is 5.90. The number of allylic oxidation sites excluding steroid dienone is 2. The quantitative estimate of drug-likeness (QED) is 0.348. The number of aliphatic carboxylic acids is 1. The number of rotatable bonds is 2. The molecule has 1 aromatic rings. The van der Waals surface area contributed by atoms with Crippen LogP contribution in [0.15, 0.2) is 29.8 Å². The van der Waals surface area contributed by atoms with Gasteiger partial charge in [0.15, 0.2) is 5.78 Å². The van der Waals surface area contributed by atoms with Crippen LogP contribution in [0.5, 0.6) is 0 Å². The summed E-state index contributed by atoms with van der Waals surface area (Å²) in [4.78, 5) is 26.8. The second-order valence-corrected chi connectivity index (χ2v) is 17.0. The summed E-state index contributed by atoms with van der Waals surface area (Å²) in [6, 6.07) is 10.6. The van der Waals surface area contributed by atoms with E-state index in [0.717, 1.165) is 56.2 Å². The number of nitriles is 1. The van der Waals surface area contributed by atoms with Crippen LogP contribution >= 0.6 is 0 Å². The van der Waals surface area contributed by atoms with Gasteiger partial charge in [0.2, 0.25) is 0 Å². The van der Waals surface area contributed by atoms with E-state index in [4.69, 9.17) is 5.73 Å². The first kappa shape index (κ1) is 29.5. The summed E-state index contributed by atoms with van der Waals surface area (Å²) < 4.78 is 0. The smallest absolute Gasteiger partial charge is 0.310 e. The summed E-state index contributed by atoms with van der Waals surface area (Å²) in [6.45, 7) is 16.1. The third-order valence-electron chi connectivity index (χ3n) is 14.3. The molecule has 6 rings (SSSR count). The van der Waals surface area contributed by atoms with Crippen LogP contribution in [0.25, 0.3) is 5.57 Å². The number of hydrogen-bond acceptors (Lipinski definition) is 4. The molecule has 0 saturated heterocycles. The maximum Gasteiger partial charge on any atom is 0.310 e. The molecule has 8 atom stereocenters. The number of fused-ring (bicyclic) bond motifs is 7. The van der Waals surface area contributed by atoms with Gasteiger partial charge in [0.25, 0.3) is 0 Å². The Hall–Kier alpha value is -2.61. The van der Waals surface area contributed by atoms with Crippen molar-refractivity contribution in [1.29, 1.82) is 5.26 Å². The zero-order chi connectivity index (χ0) is 30.7. The molecular weight excluding hydrogens is 520 g/mol. The number of carbonyl (C=O) groups is 2. The summed E-state index contributed by atoms with van der Waals surface area (Å²) in [5.74, 6) is -0.638. The minimum Gasteiger partial charge on any atom is -0.481 e. The zero-order valence-electron chi connectivity index (χ0n) is 26.8. The van der Waals surface area contributed by atoms with Crippen LogP contribution in [0.4, 0.5) is 5.69 Å². The Labute approximate surface area is 252 Å². The normalized spacial score (nSPS) is 43.7. The number of Topliss-reactive ketones (excluding diaryl/α,β-unsaturated/α-hetero) is 1. The van der Waals surface area contributed by atoms with Crippen LogP contribution in [0.1, 0.15) is 112 Å². The maximum absolute atomic E-state index is 13.5. The van der Waals surface area contributed by atoms with E-state index in [-0.39, 0.29) is 45.2 Å². The summed E-state index contributed by atoms with van der Waals surface area (Å²) in [6.07, 6.45) is 7.55. The summed E-state index contributed by atoms with van der Waals surface area (Å²) in [5, 5.41) is 21.1. The second-order valence-electron chi connectivity index (χ2n) is 17.0. The van der Waals surface area contributed by atoms with Crippen molar-refractivity contribution in [2.24, 2.45) is 56.2 Å². The number of nitrogens with two attached hydrogens (primary N) is 1. The van der Waals surface area contributed by atoms with Crippen LogP contribution in [0, 0.1) is 67.5 Å². The fourth-order valence-corrected chi connectivity index (χ4v) is 11.8. The molecule has 4 fully saturated rings.